The molecule has 9 nitrogen and oxygen atoms in total. The first-order chi connectivity index (χ1) is 21.4. The molecule has 0 saturated carbocycles. The normalized spacial score (nSPS) is 14.6. The summed E-state index contributed by atoms with van der Waals surface area (Å²) in [6.07, 6.45) is 0.903. The van der Waals surface area contributed by atoms with Gasteiger partial charge in [0.25, 0.3) is 5.56 Å². The van der Waals surface area contributed by atoms with E-state index in [1.165, 1.54) is 36.2 Å². The summed E-state index contributed by atoms with van der Waals surface area (Å²) in [5.74, 6) is -0.586. The van der Waals surface area contributed by atoms with Crippen molar-refractivity contribution in [1.29, 1.82) is 0 Å². The fourth-order valence-corrected chi connectivity index (χ4v) is 6.36. The predicted molar refractivity (Wildman–Crippen MR) is 161 cm³/mol. The van der Waals surface area contributed by atoms with E-state index in [4.69, 9.17) is 14.2 Å². The summed E-state index contributed by atoms with van der Waals surface area (Å²) in [6.45, 7) is 0.584. The Morgan fingerprint density at radius 3 is 2.59 bits per heavy atom. The fourth-order valence-electron chi connectivity index (χ4n) is 5.29. The highest BCUT2D eigenvalue weighted by atomic mass is 32.1. The van der Waals surface area contributed by atoms with Gasteiger partial charge in [-0.05, 0) is 42.7 Å². The largest absolute Gasteiger partial charge is 0.497 e. The summed E-state index contributed by atoms with van der Waals surface area (Å²) < 4.78 is 46.6. The van der Waals surface area contributed by atoms with E-state index in [0.717, 1.165) is 24.1 Å². The quantitative estimate of drug-likeness (QED) is 0.200. The lowest BCUT2D eigenvalue weighted by Crippen LogP contribution is -2.31. The first kappa shape index (κ1) is 29.2. The van der Waals surface area contributed by atoms with Crippen LogP contribution in [-0.2, 0) is 17.9 Å². The van der Waals surface area contributed by atoms with Crippen molar-refractivity contribution < 1.29 is 27.8 Å². The Balaban J connectivity index is 1.40. The highest BCUT2D eigenvalue weighted by Crippen LogP contribution is 2.37. The topological polar surface area (TPSA) is 95.8 Å². The van der Waals surface area contributed by atoms with Crippen molar-refractivity contribution in [3.63, 3.8) is 0 Å². The Morgan fingerprint density at radius 2 is 1.84 bits per heavy atom. The van der Waals surface area contributed by atoms with Crippen LogP contribution in [0.25, 0.3) is 21.7 Å². The third-order valence-electron chi connectivity index (χ3n) is 7.51. The summed E-state index contributed by atoms with van der Waals surface area (Å²) in [6, 6.07) is 17.2. The third kappa shape index (κ3) is 5.72. The summed E-state index contributed by atoms with van der Waals surface area (Å²) >= 11 is 1.17. The number of carbonyl (C=O) groups is 1. The fraction of sp³-hybridized carbons (Fsp3) is 0.250. The lowest BCUT2D eigenvalue weighted by molar-refractivity contribution is 0.0920. The molecule has 1 fully saturated rings. The van der Waals surface area contributed by atoms with Crippen LogP contribution < -0.4 is 15.0 Å². The van der Waals surface area contributed by atoms with Crippen molar-refractivity contribution in [1.82, 2.24) is 19.4 Å². The van der Waals surface area contributed by atoms with Gasteiger partial charge in [-0.1, -0.05) is 41.7 Å². The number of fused-ring (bicyclic) bond motifs is 1. The minimum absolute atomic E-state index is 0.0126. The molecule has 1 aliphatic rings. The summed E-state index contributed by atoms with van der Waals surface area (Å²) in [4.78, 5) is 38.3. The van der Waals surface area contributed by atoms with Gasteiger partial charge in [0, 0.05) is 24.2 Å². The number of benzene rings is 3. The van der Waals surface area contributed by atoms with E-state index < -0.39 is 29.3 Å². The van der Waals surface area contributed by atoms with Crippen LogP contribution in [-0.4, -0.2) is 46.3 Å². The molecule has 0 unspecified atom stereocenters. The van der Waals surface area contributed by atoms with E-state index in [1.807, 2.05) is 30.3 Å². The molecule has 0 spiro atoms. The number of hydrogen-bond donors (Lipinski definition) is 0. The van der Waals surface area contributed by atoms with E-state index in [9.17, 15) is 14.0 Å². The summed E-state index contributed by atoms with van der Waals surface area (Å²) in [5, 5.41) is 0.532. The Labute approximate surface area is 255 Å². The molecule has 226 valence electrons. The molecule has 44 heavy (non-hydrogen) atoms. The van der Waals surface area contributed by atoms with Crippen molar-refractivity contribution in [2.45, 2.75) is 32.0 Å². The van der Waals surface area contributed by atoms with Gasteiger partial charge in [0.2, 0.25) is 0 Å². The molecule has 1 amide bonds. The number of thiazole rings is 1. The van der Waals surface area contributed by atoms with E-state index in [1.54, 1.807) is 23.1 Å². The van der Waals surface area contributed by atoms with Crippen LogP contribution in [0.1, 0.15) is 35.0 Å². The Morgan fingerprint density at radius 1 is 1.02 bits per heavy atom. The number of likely N-dealkylation sites (tertiary alicyclic amines) is 1. The van der Waals surface area contributed by atoms with Crippen LogP contribution in [0.15, 0.2) is 71.5 Å². The number of nitrogens with zero attached hydrogens (tertiary/aromatic N) is 4. The van der Waals surface area contributed by atoms with Gasteiger partial charge in [-0.3, -0.25) is 14.3 Å². The molecule has 1 atom stereocenters. The summed E-state index contributed by atoms with van der Waals surface area (Å²) in [5.41, 5.74) is 1.02. The van der Waals surface area contributed by atoms with Crippen LogP contribution in [0.3, 0.4) is 0 Å². The average Bonchev–Trinajstić information content (AvgIpc) is 3.70. The van der Waals surface area contributed by atoms with Crippen LogP contribution in [0.4, 0.5) is 13.6 Å². The number of methoxy groups -OCH3 is 2. The first-order valence-corrected chi connectivity index (χ1v) is 14.7. The average molecular weight is 619 g/mol. The second-order valence-corrected chi connectivity index (χ2v) is 11.2. The van der Waals surface area contributed by atoms with E-state index in [0.29, 0.717) is 35.0 Å². The lowest BCUT2D eigenvalue weighted by Gasteiger charge is -2.22. The van der Waals surface area contributed by atoms with Gasteiger partial charge < -0.3 is 14.2 Å². The second kappa shape index (κ2) is 12.4. The van der Waals surface area contributed by atoms with Gasteiger partial charge in [0.05, 0.1) is 32.4 Å². The SMILES string of the molecule is COc1ccc(Cn2c(-c3ccc(F)cc3F)nc3sc([C@H]4CCCN4C(=O)OCc4ccccc4)nc3c2=O)c(OC)c1. The van der Waals surface area contributed by atoms with Crippen LogP contribution in [0, 0.1) is 11.6 Å². The lowest BCUT2D eigenvalue weighted by atomic mass is 10.1. The molecule has 6 rings (SSSR count). The Hall–Kier alpha value is -4.84. The second-order valence-electron chi connectivity index (χ2n) is 10.2. The molecule has 1 aliphatic heterocycles. The van der Waals surface area contributed by atoms with Gasteiger partial charge >= 0.3 is 6.09 Å². The highest BCUT2D eigenvalue weighted by Gasteiger charge is 2.34. The molecule has 0 bridgehead atoms. The predicted octanol–water partition coefficient (Wildman–Crippen LogP) is 6.34. The molecule has 3 aromatic carbocycles. The van der Waals surface area contributed by atoms with Crippen LogP contribution >= 0.6 is 11.3 Å². The molecule has 0 radical (unpaired) electrons. The minimum atomic E-state index is -0.862. The van der Waals surface area contributed by atoms with Gasteiger partial charge in [-0.25, -0.2) is 23.5 Å². The van der Waals surface area contributed by atoms with Crippen molar-refractivity contribution in [2.75, 3.05) is 20.8 Å². The highest BCUT2D eigenvalue weighted by molar-refractivity contribution is 7.18. The van der Waals surface area contributed by atoms with Crippen LogP contribution in [0.5, 0.6) is 11.5 Å². The van der Waals surface area contributed by atoms with Gasteiger partial charge in [-0.15, -0.1) is 0 Å². The number of rotatable bonds is 8. The van der Waals surface area contributed by atoms with Gasteiger partial charge in [-0.2, -0.15) is 0 Å². The molecular weight excluding hydrogens is 590 g/mol. The standard InChI is InChI=1S/C32H28F2N4O5S/c1-41-22-12-10-20(26(16-22)42-2)17-38-28(23-13-11-21(33)15-24(23)34)36-30-27(31(38)39)35-29(44-30)25-9-6-14-37(25)32(40)43-18-19-7-4-3-5-8-19/h3-5,7-8,10-13,15-16,25H,6,9,14,17-18H2,1-2H3/t25-/m1/s1. The maximum absolute atomic E-state index is 15.1. The van der Waals surface area contributed by atoms with Crippen molar-refractivity contribution in [3.05, 3.63) is 105 Å². The molecule has 1 saturated heterocycles. The number of hydrogen-bond acceptors (Lipinski definition) is 8. The number of ether oxygens (including phenoxy) is 3. The van der Waals surface area contributed by atoms with Crippen molar-refractivity contribution in [2.24, 2.45) is 0 Å². The zero-order chi connectivity index (χ0) is 30.8. The van der Waals surface area contributed by atoms with Crippen LogP contribution in [0.2, 0.25) is 0 Å². The number of amides is 1. The third-order valence-corrected chi connectivity index (χ3v) is 8.56. The molecular formula is C32H28F2N4O5S. The maximum atomic E-state index is 15.1. The molecule has 5 aromatic rings. The first-order valence-electron chi connectivity index (χ1n) is 13.9. The Kier molecular flexibility index (Phi) is 8.25. The molecule has 12 heteroatoms. The van der Waals surface area contributed by atoms with Gasteiger partial charge in [0.1, 0.15) is 40.6 Å². The minimum Gasteiger partial charge on any atom is -0.497 e. The molecule has 2 aromatic heterocycles. The van der Waals surface area contributed by atoms with Crippen molar-refractivity contribution in [3.8, 4) is 22.9 Å². The van der Waals surface area contributed by atoms with E-state index in [2.05, 4.69) is 9.97 Å². The molecule has 3 heterocycles. The smallest absolute Gasteiger partial charge is 0.410 e. The Bertz CT molecular complexity index is 1900. The maximum Gasteiger partial charge on any atom is 0.410 e. The van der Waals surface area contributed by atoms with E-state index >= 15 is 4.39 Å². The number of carbonyl (C=O) groups excluding carboxylic acids is 1. The zero-order valence-corrected chi connectivity index (χ0v) is 24.8. The number of halogens is 2. The monoisotopic (exact) mass is 618 g/mol. The van der Waals surface area contributed by atoms with Gasteiger partial charge in [0.15, 0.2) is 10.3 Å². The molecule has 0 aliphatic carbocycles. The zero-order valence-electron chi connectivity index (χ0n) is 24.0. The number of aromatic nitrogens is 3. The van der Waals surface area contributed by atoms with Crippen molar-refractivity contribution >= 4 is 27.8 Å². The van der Waals surface area contributed by atoms with E-state index in [-0.39, 0.29) is 34.9 Å². The molecule has 0 N–H and O–H groups in total. The summed E-state index contributed by atoms with van der Waals surface area (Å²) in [7, 11) is 3.02.